The molecule has 0 bridgehead atoms. The summed E-state index contributed by atoms with van der Waals surface area (Å²) in [5.74, 6) is 0.153. The van der Waals surface area contributed by atoms with E-state index < -0.39 is 18.1 Å². The fraction of sp³-hybridized carbons (Fsp3) is 0.654. The molecule has 2 fully saturated rings. The first-order valence-corrected chi connectivity index (χ1v) is 12.5. The molecule has 0 radical (unpaired) electrons. The number of aliphatic carboxylic acids is 1. The number of carboxylic acid groups (broad SMARTS) is 1. The Morgan fingerprint density at radius 2 is 1.80 bits per heavy atom. The Labute approximate surface area is 207 Å². The van der Waals surface area contributed by atoms with Crippen LogP contribution in [-0.2, 0) is 16.1 Å². The minimum Gasteiger partial charge on any atom is -0.493 e. The van der Waals surface area contributed by atoms with Gasteiger partial charge in [-0.1, -0.05) is 39.2 Å². The Bertz CT molecular complexity index is 899. The number of nitrogens with one attached hydrogen (secondary N) is 1. The number of urea groups is 1. The molecule has 3 amide bonds. The van der Waals surface area contributed by atoms with E-state index in [1.807, 2.05) is 26.0 Å². The normalized spacial score (nSPS) is 21.2. The van der Waals surface area contributed by atoms with Crippen LogP contribution in [0.3, 0.4) is 0 Å². The van der Waals surface area contributed by atoms with Crippen molar-refractivity contribution in [3.63, 3.8) is 0 Å². The van der Waals surface area contributed by atoms with Gasteiger partial charge in [-0.25, -0.2) is 4.79 Å². The summed E-state index contributed by atoms with van der Waals surface area (Å²) >= 11 is 0. The van der Waals surface area contributed by atoms with E-state index in [2.05, 4.69) is 5.32 Å². The molecule has 3 rings (SSSR count). The fourth-order valence-electron chi connectivity index (χ4n) is 5.19. The standard InChI is InChI=1S/C26H39N3O6/c1-17(2)12-21-25(32)28(15-18-10-11-22(34-3)23(13-18)35-4)16-20(14-24(30)31)29(21)26(33)27-19-8-6-5-7-9-19/h10-11,13,17,19-21H,5-9,12,14-16H2,1-4H3,(H,27,33)(H,30,31)/t20-,21-/m0/s1. The van der Waals surface area contributed by atoms with Crippen LogP contribution in [-0.4, -0.2) is 71.7 Å². The first-order chi connectivity index (χ1) is 16.7. The van der Waals surface area contributed by atoms with Crippen LogP contribution in [0.1, 0.15) is 64.4 Å². The van der Waals surface area contributed by atoms with Crippen LogP contribution in [0.2, 0.25) is 0 Å². The molecule has 0 unspecified atom stereocenters. The predicted octanol–water partition coefficient (Wildman–Crippen LogP) is 3.65. The van der Waals surface area contributed by atoms with Crippen molar-refractivity contribution < 1.29 is 29.0 Å². The highest BCUT2D eigenvalue weighted by atomic mass is 16.5. The van der Waals surface area contributed by atoms with E-state index in [0.717, 1.165) is 37.7 Å². The Morgan fingerprint density at radius 1 is 1.11 bits per heavy atom. The van der Waals surface area contributed by atoms with Crippen molar-refractivity contribution in [2.24, 2.45) is 5.92 Å². The second-order valence-electron chi connectivity index (χ2n) is 10.00. The van der Waals surface area contributed by atoms with Crippen LogP contribution in [0.15, 0.2) is 18.2 Å². The zero-order valence-electron chi connectivity index (χ0n) is 21.3. The molecule has 194 valence electrons. The molecule has 1 heterocycles. The number of benzene rings is 1. The van der Waals surface area contributed by atoms with Crippen molar-refractivity contribution in [2.75, 3.05) is 20.8 Å². The Hall–Kier alpha value is -2.97. The van der Waals surface area contributed by atoms with E-state index in [1.165, 1.54) is 4.90 Å². The topological polar surface area (TPSA) is 108 Å². The molecule has 2 N–H and O–H groups in total. The van der Waals surface area contributed by atoms with Gasteiger partial charge in [0.2, 0.25) is 5.91 Å². The quantitative estimate of drug-likeness (QED) is 0.548. The third kappa shape index (κ3) is 6.80. The van der Waals surface area contributed by atoms with E-state index in [-0.39, 0.29) is 36.9 Å². The van der Waals surface area contributed by atoms with Crippen LogP contribution in [0.5, 0.6) is 11.5 Å². The summed E-state index contributed by atoms with van der Waals surface area (Å²) in [7, 11) is 3.11. The summed E-state index contributed by atoms with van der Waals surface area (Å²) in [6.07, 6.45) is 5.37. The van der Waals surface area contributed by atoms with Crippen molar-refractivity contribution >= 4 is 17.9 Å². The molecule has 1 saturated carbocycles. The monoisotopic (exact) mass is 489 g/mol. The van der Waals surface area contributed by atoms with Gasteiger partial charge in [-0.2, -0.15) is 0 Å². The van der Waals surface area contributed by atoms with Gasteiger partial charge in [0.15, 0.2) is 11.5 Å². The predicted molar refractivity (Wildman–Crippen MR) is 131 cm³/mol. The number of nitrogens with zero attached hydrogens (tertiary/aromatic N) is 2. The first-order valence-electron chi connectivity index (χ1n) is 12.5. The lowest BCUT2D eigenvalue weighted by atomic mass is 9.94. The van der Waals surface area contributed by atoms with Gasteiger partial charge in [-0.15, -0.1) is 0 Å². The molecule has 0 spiro atoms. The highest BCUT2D eigenvalue weighted by molar-refractivity contribution is 5.89. The zero-order chi connectivity index (χ0) is 25.5. The maximum Gasteiger partial charge on any atom is 0.318 e. The first kappa shape index (κ1) is 26.6. The van der Waals surface area contributed by atoms with E-state index in [0.29, 0.717) is 24.5 Å². The molecule has 1 aromatic rings. The van der Waals surface area contributed by atoms with Crippen molar-refractivity contribution in [3.8, 4) is 11.5 Å². The van der Waals surface area contributed by atoms with Gasteiger partial charge < -0.3 is 29.7 Å². The average molecular weight is 490 g/mol. The summed E-state index contributed by atoms with van der Waals surface area (Å²) in [6, 6.07) is 3.88. The highest BCUT2D eigenvalue weighted by Crippen LogP contribution is 2.30. The van der Waals surface area contributed by atoms with Gasteiger partial charge in [0.05, 0.1) is 26.7 Å². The Kier molecular flexibility index (Phi) is 9.23. The molecule has 1 aromatic carbocycles. The number of methoxy groups -OCH3 is 2. The molecular weight excluding hydrogens is 450 g/mol. The van der Waals surface area contributed by atoms with E-state index >= 15 is 0 Å². The zero-order valence-corrected chi connectivity index (χ0v) is 21.3. The number of carbonyl (C=O) groups excluding carboxylic acids is 2. The second kappa shape index (κ2) is 12.1. The number of piperazine rings is 1. The molecule has 35 heavy (non-hydrogen) atoms. The molecule has 9 nitrogen and oxygen atoms in total. The Morgan fingerprint density at radius 3 is 2.40 bits per heavy atom. The number of ether oxygens (including phenoxy) is 2. The maximum absolute atomic E-state index is 13.7. The summed E-state index contributed by atoms with van der Waals surface area (Å²) < 4.78 is 10.7. The minimum absolute atomic E-state index is 0.0707. The third-order valence-electron chi connectivity index (χ3n) is 6.85. The SMILES string of the molecule is COc1ccc(CN2C[C@H](CC(=O)O)N(C(=O)NC3CCCCC3)[C@@H](CC(C)C)C2=O)cc1OC. The van der Waals surface area contributed by atoms with Crippen LogP contribution < -0.4 is 14.8 Å². The van der Waals surface area contributed by atoms with Crippen molar-refractivity contribution in [1.29, 1.82) is 0 Å². The lowest BCUT2D eigenvalue weighted by molar-refractivity contribution is -0.148. The van der Waals surface area contributed by atoms with Gasteiger partial charge in [0.1, 0.15) is 6.04 Å². The van der Waals surface area contributed by atoms with Gasteiger partial charge in [0, 0.05) is 19.1 Å². The number of amides is 3. The summed E-state index contributed by atoms with van der Waals surface area (Å²) in [6.45, 7) is 4.46. The van der Waals surface area contributed by atoms with Crippen molar-refractivity contribution in [3.05, 3.63) is 23.8 Å². The molecular formula is C26H39N3O6. The number of carbonyl (C=O) groups is 3. The van der Waals surface area contributed by atoms with Gasteiger partial charge in [0.25, 0.3) is 0 Å². The fourth-order valence-corrected chi connectivity index (χ4v) is 5.19. The van der Waals surface area contributed by atoms with Crippen LogP contribution in [0.25, 0.3) is 0 Å². The average Bonchev–Trinajstić information content (AvgIpc) is 2.81. The van der Waals surface area contributed by atoms with Gasteiger partial charge in [-0.3, -0.25) is 9.59 Å². The van der Waals surface area contributed by atoms with Crippen LogP contribution >= 0.6 is 0 Å². The number of rotatable bonds is 9. The van der Waals surface area contributed by atoms with E-state index in [1.54, 1.807) is 25.2 Å². The third-order valence-corrected chi connectivity index (χ3v) is 6.85. The molecule has 1 aliphatic heterocycles. The molecule has 1 aliphatic carbocycles. The molecule has 0 aromatic heterocycles. The maximum atomic E-state index is 13.7. The number of hydrogen-bond acceptors (Lipinski definition) is 5. The van der Waals surface area contributed by atoms with E-state index in [9.17, 15) is 19.5 Å². The summed E-state index contributed by atoms with van der Waals surface area (Å²) in [5.41, 5.74) is 0.841. The van der Waals surface area contributed by atoms with Crippen LogP contribution in [0.4, 0.5) is 4.79 Å². The lowest BCUT2D eigenvalue weighted by Gasteiger charge is -2.46. The molecule has 2 aliphatic rings. The Balaban J connectivity index is 1.87. The largest absolute Gasteiger partial charge is 0.493 e. The summed E-state index contributed by atoms with van der Waals surface area (Å²) in [5, 5.41) is 12.7. The summed E-state index contributed by atoms with van der Waals surface area (Å²) in [4.78, 5) is 42.1. The van der Waals surface area contributed by atoms with Gasteiger partial charge in [-0.05, 0) is 42.9 Å². The van der Waals surface area contributed by atoms with Crippen molar-refractivity contribution in [1.82, 2.24) is 15.1 Å². The molecule has 9 heteroatoms. The lowest BCUT2D eigenvalue weighted by Crippen LogP contribution is -2.66. The van der Waals surface area contributed by atoms with Gasteiger partial charge >= 0.3 is 12.0 Å². The van der Waals surface area contributed by atoms with Crippen molar-refractivity contribution in [2.45, 2.75) is 83.5 Å². The smallest absolute Gasteiger partial charge is 0.318 e. The second-order valence-corrected chi connectivity index (χ2v) is 10.00. The number of hydrogen-bond donors (Lipinski definition) is 2. The van der Waals surface area contributed by atoms with Crippen LogP contribution in [0, 0.1) is 5.92 Å². The molecule has 2 atom stereocenters. The van der Waals surface area contributed by atoms with E-state index in [4.69, 9.17) is 9.47 Å². The highest BCUT2D eigenvalue weighted by Gasteiger charge is 2.44. The molecule has 1 saturated heterocycles. The number of carboxylic acids is 1. The minimum atomic E-state index is -0.992.